The second-order valence-corrected chi connectivity index (χ2v) is 4.99. The van der Waals surface area contributed by atoms with E-state index >= 15 is 0 Å². The normalized spacial score (nSPS) is 16.5. The minimum atomic E-state index is -0.720. The third-order valence-corrected chi connectivity index (χ3v) is 3.33. The molecule has 2 aromatic rings. The van der Waals surface area contributed by atoms with E-state index in [9.17, 15) is 9.59 Å². The molecule has 7 heteroatoms. The second-order valence-electron chi connectivity index (χ2n) is 4.99. The minimum Gasteiger partial charge on any atom is -0.480 e. The number of hydrogen-bond acceptors (Lipinski definition) is 5. The summed E-state index contributed by atoms with van der Waals surface area (Å²) in [6.07, 6.45) is 1.78. The average molecular weight is 327 g/mol. The fourth-order valence-corrected chi connectivity index (χ4v) is 2.24. The van der Waals surface area contributed by atoms with Gasteiger partial charge in [-0.25, -0.2) is 4.79 Å². The third kappa shape index (κ3) is 4.47. The van der Waals surface area contributed by atoms with Crippen LogP contribution in [0.5, 0.6) is 0 Å². The van der Waals surface area contributed by atoms with Gasteiger partial charge in [0.25, 0.3) is 0 Å². The van der Waals surface area contributed by atoms with E-state index in [2.05, 4.69) is 5.32 Å². The van der Waals surface area contributed by atoms with Gasteiger partial charge in [0.2, 0.25) is 0 Å². The Morgan fingerprint density at radius 1 is 1.41 bits per heavy atom. The number of nitrogen functional groups attached to an aromatic ring is 1. The number of carboxylic acids is 1. The lowest BCUT2D eigenvalue weighted by molar-refractivity contribution is -0.139. The van der Waals surface area contributed by atoms with Crippen LogP contribution in [-0.2, 0) is 4.79 Å². The molecule has 3 rings (SSSR count). The summed E-state index contributed by atoms with van der Waals surface area (Å²) in [4.78, 5) is 21.1. The van der Waals surface area contributed by atoms with Crippen molar-refractivity contribution in [3.8, 4) is 0 Å². The first-order valence-electron chi connectivity index (χ1n) is 6.73. The molecule has 1 saturated heterocycles. The van der Waals surface area contributed by atoms with E-state index in [-0.39, 0.29) is 24.1 Å². The molecule has 1 atom stereocenters. The second kappa shape index (κ2) is 7.82. The molecule has 0 unspecified atom stereocenters. The summed E-state index contributed by atoms with van der Waals surface area (Å²) >= 11 is 0. The minimum absolute atomic E-state index is 0. The molecule has 6 nitrogen and oxygen atoms in total. The van der Waals surface area contributed by atoms with E-state index in [1.54, 1.807) is 12.1 Å². The molecule has 1 aromatic carbocycles. The molecule has 0 amide bonds. The maximum atomic E-state index is 11.0. The van der Waals surface area contributed by atoms with Crippen molar-refractivity contribution < 1.29 is 14.3 Å². The lowest BCUT2D eigenvalue weighted by Gasteiger charge is -2.00. The van der Waals surface area contributed by atoms with Crippen LogP contribution in [0.15, 0.2) is 33.5 Å². The highest BCUT2D eigenvalue weighted by Crippen LogP contribution is 2.18. The molecule has 1 aliphatic heterocycles. The van der Waals surface area contributed by atoms with Crippen molar-refractivity contribution in [3.63, 3.8) is 0 Å². The number of nitrogens with one attached hydrogen (secondary N) is 1. The van der Waals surface area contributed by atoms with Gasteiger partial charge in [-0.3, -0.25) is 4.79 Å². The van der Waals surface area contributed by atoms with Gasteiger partial charge in [-0.05, 0) is 44.0 Å². The van der Waals surface area contributed by atoms with Crippen molar-refractivity contribution in [2.24, 2.45) is 0 Å². The monoisotopic (exact) mass is 326 g/mol. The van der Waals surface area contributed by atoms with Crippen LogP contribution in [0.3, 0.4) is 0 Å². The summed E-state index contributed by atoms with van der Waals surface area (Å²) in [5, 5.41) is 12.1. The summed E-state index contributed by atoms with van der Waals surface area (Å²) in [6, 6.07) is 6.50. The number of aliphatic carboxylic acids is 1. The van der Waals surface area contributed by atoms with Crippen LogP contribution >= 0.6 is 12.4 Å². The van der Waals surface area contributed by atoms with Gasteiger partial charge >= 0.3 is 11.6 Å². The van der Waals surface area contributed by atoms with E-state index in [1.807, 2.05) is 13.0 Å². The van der Waals surface area contributed by atoms with Crippen molar-refractivity contribution in [1.29, 1.82) is 0 Å². The third-order valence-electron chi connectivity index (χ3n) is 3.33. The maximum absolute atomic E-state index is 11.0. The van der Waals surface area contributed by atoms with Crippen molar-refractivity contribution in [3.05, 3.63) is 40.2 Å². The van der Waals surface area contributed by atoms with Crippen LogP contribution in [-0.4, -0.2) is 23.7 Å². The molecule has 22 heavy (non-hydrogen) atoms. The van der Waals surface area contributed by atoms with E-state index < -0.39 is 5.97 Å². The lowest BCUT2D eigenvalue weighted by Crippen LogP contribution is -2.29. The Morgan fingerprint density at radius 3 is 2.68 bits per heavy atom. The zero-order valence-electron chi connectivity index (χ0n) is 12.2. The first-order valence-corrected chi connectivity index (χ1v) is 6.73. The predicted octanol–water partition coefficient (Wildman–Crippen LogP) is 1.93. The zero-order valence-corrected chi connectivity index (χ0v) is 13.0. The molecule has 0 radical (unpaired) electrons. The number of fused-ring (bicyclic) bond motifs is 1. The standard InChI is InChI=1S/C10H9NO2.C5H9NO2.ClH/c1-6-4-10(12)13-9-5-7(11)2-3-8(6)9;7-5(8)4-2-1-3-6-4;/h2-5H,11H2,1H3;4,6H,1-3H2,(H,7,8);1H/t;4-;/m.0./s1. The highest BCUT2D eigenvalue weighted by molar-refractivity contribution is 5.85. The Hall–Kier alpha value is -2.05. The van der Waals surface area contributed by atoms with Gasteiger partial charge in [-0.1, -0.05) is 0 Å². The SMILES string of the molecule is Cc1cc(=O)oc2cc(N)ccc12.Cl.O=C(O)[C@@H]1CCCN1. The number of aryl methyl sites for hydroxylation is 1. The molecular weight excluding hydrogens is 308 g/mol. The van der Waals surface area contributed by atoms with Gasteiger partial charge < -0.3 is 20.6 Å². The Bertz CT molecular complexity index is 708. The van der Waals surface area contributed by atoms with Gasteiger partial charge in [0.15, 0.2) is 0 Å². The van der Waals surface area contributed by atoms with Crippen molar-refractivity contribution in [1.82, 2.24) is 5.32 Å². The van der Waals surface area contributed by atoms with E-state index in [1.165, 1.54) is 6.07 Å². The highest BCUT2D eigenvalue weighted by atomic mass is 35.5. The largest absolute Gasteiger partial charge is 0.480 e. The first kappa shape index (κ1) is 18.0. The topological polar surface area (TPSA) is 106 Å². The van der Waals surface area contributed by atoms with Crippen LogP contribution in [0.4, 0.5) is 5.69 Å². The van der Waals surface area contributed by atoms with Crippen LogP contribution in [0.1, 0.15) is 18.4 Å². The maximum Gasteiger partial charge on any atom is 0.336 e. The van der Waals surface area contributed by atoms with Gasteiger partial charge in [0.1, 0.15) is 11.6 Å². The summed E-state index contributed by atoms with van der Waals surface area (Å²) in [7, 11) is 0. The quantitative estimate of drug-likeness (QED) is 0.546. The Balaban J connectivity index is 0.000000234. The van der Waals surface area contributed by atoms with Gasteiger partial charge in [-0.15, -0.1) is 12.4 Å². The van der Waals surface area contributed by atoms with Crippen LogP contribution in [0, 0.1) is 6.92 Å². The van der Waals surface area contributed by atoms with E-state index in [0.717, 1.165) is 30.3 Å². The van der Waals surface area contributed by atoms with Crippen molar-refractivity contribution in [2.45, 2.75) is 25.8 Å². The van der Waals surface area contributed by atoms with E-state index in [4.69, 9.17) is 15.3 Å². The Morgan fingerprint density at radius 2 is 2.14 bits per heavy atom. The Labute approximate surface area is 133 Å². The molecule has 4 N–H and O–H groups in total. The number of carboxylic acid groups (broad SMARTS) is 1. The summed E-state index contributed by atoms with van der Waals surface area (Å²) < 4.78 is 4.99. The van der Waals surface area contributed by atoms with Crippen molar-refractivity contribution in [2.75, 3.05) is 12.3 Å². The molecule has 0 saturated carbocycles. The molecule has 0 spiro atoms. The van der Waals surface area contributed by atoms with Crippen LogP contribution in [0.25, 0.3) is 11.0 Å². The number of rotatable bonds is 1. The van der Waals surface area contributed by atoms with Crippen LogP contribution < -0.4 is 16.7 Å². The number of nitrogens with two attached hydrogens (primary N) is 1. The first-order chi connectivity index (χ1) is 9.97. The molecule has 1 aromatic heterocycles. The molecular formula is C15H19ClN2O4. The fourth-order valence-electron chi connectivity index (χ4n) is 2.24. The van der Waals surface area contributed by atoms with Crippen LogP contribution in [0.2, 0.25) is 0 Å². The summed E-state index contributed by atoms with van der Waals surface area (Å²) in [6.45, 7) is 2.73. The van der Waals surface area contributed by atoms with Gasteiger partial charge in [-0.2, -0.15) is 0 Å². The molecule has 1 aliphatic rings. The van der Waals surface area contributed by atoms with Gasteiger partial charge in [0.05, 0.1) is 0 Å². The smallest absolute Gasteiger partial charge is 0.336 e. The number of benzene rings is 1. The number of anilines is 1. The molecule has 0 aliphatic carbocycles. The summed E-state index contributed by atoms with van der Waals surface area (Å²) in [5.74, 6) is -0.720. The fraction of sp³-hybridized carbons (Fsp3) is 0.333. The summed E-state index contributed by atoms with van der Waals surface area (Å²) in [5.41, 5.74) is 7.28. The molecule has 120 valence electrons. The highest BCUT2D eigenvalue weighted by Gasteiger charge is 2.20. The predicted molar refractivity (Wildman–Crippen MR) is 87.5 cm³/mol. The molecule has 2 heterocycles. The lowest BCUT2D eigenvalue weighted by atomic mass is 10.1. The zero-order chi connectivity index (χ0) is 15.4. The van der Waals surface area contributed by atoms with Crippen molar-refractivity contribution >= 4 is 35.0 Å². The number of hydrogen-bond donors (Lipinski definition) is 3. The number of carbonyl (C=O) groups is 1. The molecule has 0 bridgehead atoms. The number of halogens is 1. The van der Waals surface area contributed by atoms with Gasteiger partial charge in [0, 0.05) is 23.2 Å². The van der Waals surface area contributed by atoms with E-state index in [0.29, 0.717) is 11.3 Å². The Kier molecular flexibility index (Phi) is 6.39. The average Bonchev–Trinajstić information content (AvgIpc) is 2.92. The molecule has 1 fully saturated rings.